The average molecular weight is 404 g/mol. The zero-order valence-electron chi connectivity index (χ0n) is 14.1. The van der Waals surface area contributed by atoms with Gasteiger partial charge in [0.25, 0.3) is 0 Å². The molecule has 2 N–H and O–H groups in total. The van der Waals surface area contributed by atoms with Crippen molar-refractivity contribution in [3.63, 3.8) is 0 Å². The molecule has 28 heavy (non-hydrogen) atoms. The van der Waals surface area contributed by atoms with E-state index in [-0.39, 0.29) is 28.9 Å². The number of hydrogen-bond donors (Lipinski definition) is 2. The van der Waals surface area contributed by atoms with Gasteiger partial charge in [0.2, 0.25) is 17.8 Å². The number of amides is 2. The number of rotatable bonds is 3. The number of aromatic nitrogens is 3. The maximum absolute atomic E-state index is 13.3. The van der Waals surface area contributed by atoms with Crippen molar-refractivity contribution in [3.05, 3.63) is 59.1 Å². The van der Waals surface area contributed by atoms with Crippen molar-refractivity contribution >= 4 is 35.1 Å². The fourth-order valence-electron chi connectivity index (χ4n) is 2.79. The van der Waals surface area contributed by atoms with Crippen LogP contribution in [0.3, 0.4) is 0 Å². The molecule has 3 aromatic rings. The Morgan fingerprint density at radius 1 is 1.21 bits per heavy atom. The first kappa shape index (κ1) is 18.1. The van der Waals surface area contributed by atoms with Crippen LogP contribution in [0.1, 0.15) is 12.5 Å². The van der Waals surface area contributed by atoms with Crippen molar-refractivity contribution in [1.29, 1.82) is 0 Å². The number of carbonyl (C=O) groups excluding carboxylic acids is 2. The molecule has 1 unspecified atom stereocenters. The Morgan fingerprint density at radius 2 is 1.96 bits per heavy atom. The van der Waals surface area contributed by atoms with Gasteiger partial charge in [-0.25, -0.2) is 13.5 Å². The first-order chi connectivity index (χ1) is 13.4. The molecule has 0 saturated heterocycles. The maximum atomic E-state index is 13.3. The SMILES string of the molecule is O=C1CC(C(=O)Nc2ccc(F)c(Cl)c2)n2nc(-c3ccc(F)cc3)nc2N1. The molecule has 1 aliphatic heterocycles. The highest BCUT2D eigenvalue weighted by Crippen LogP contribution is 2.28. The summed E-state index contributed by atoms with van der Waals surface area (Å²) in [5.74, 6) is -1.61. The summed E-state index contributed by atoms with van der Waals surface area (Å²) in [5, 5.41) is 9.28. The Kier molecular flexibility index (Phi) is 4.52. The van der Waals surface area contributed by atoms with Gasteiger partial charge in [-0.2, -0.15) is 4.98 Å². The molecule has 0 aliphatic carbocycles. The molecule has 1 aromatic heterocycles. The third kappa shape index (κ3) is 3.44. The van der Waals surface area contributed by atoms with E-state index in [1.54, 1.807) is 0 Å². The molecule has 0 radical (unpaired) electrons. The lowest BCUT2D eigenvalue weighted by atomic mass is 10.1. The Labute approximate surface area is 162 Å². The van der Waals surface area contributed by atoms with Crippen molar-refractivity contribution in [3.8, 4) is 11.4 Å². The van der Waals surface area contributed by atoms with Crippen molar-refractivity contribution < 1.29 is 18.4 Å². The summed E-state index contributed by atoms with van der Waals surface area (Å²) in [4.78, 5) is 28.9. The lowest BCUT2D eigenvalue weighted by Crippen LogP contribution is -2.36. The largest absolute Gasteiger partial charge is 0.324 e. The number of fused-ring (bicyclic) bond motifs is 1. The van der Waals surface area contributed by atoms with Gasteiger partial charge in [0.1, 0.15) is 17.7 Å². The van der Waals surface area contributed by atoms with E-state index in [4.69, 9.17) is 11.6 Å². The molecule has 2 aromatic carbocycles. The lowest BCUT2D eigenvalue weighted by Gasteiger charge is -2.22. The molecule has 1 aliphatic rings. The molecule has 10 heteroatoms. The Hall–Kier alpha value is -3.33. The molecule has 1 atom stereocenters. The predicted octanol–water partition coefficient (Wildman–Crippen LogP) is 3.40. The van der Waals surface area contributed by atoms with Gasteiger partial charge in [-0.05, 0) is 42.5 Å². The molecule has 2 heterocycles. The monoisotopic (exact) mass is 403 g/mol. The molecule has 0 fully saturated rings. The minimum absolute atomic E-state index is 0.105. The van der Waals surface area contributed by atoms with Gasteiger partial charge in [0.15, 0.2) is 5.82 Å². The van der Waals surface area contributed by atoms with Crippen LogP contribution in [-0.4, -0.2) is 26.6 Å². The second-order valence-electron chi connectivity index (χ2n) is 6.10. The Morgan fingerprint density at radius 3 is 2.68 bits per heavy atom. The zero-order chi connectivity index (χ0) is 19.8. The van der Waals surface area contributed by atoms with Crippen LogP contribution >= 0.6 is 11.6 Å². The standard InChI is InChI=1S/C18H12ClF2N5O2/c19-12-7-11(5-6-13(12)21)22-17(28)14-8-15(27)23-18-24-16(25-26(14)18)9-1-3-10(20)4-2-9/h1-7,14H,8H2,(H,22,28)(H,23,24,25,27). The highest BCUT2D eigenvalue weighted by molar-refractivity contribution is 6.31. The number of hydrogen-bond acceptors (Lipinski definition) is 4. The van der Waals surface area contributed by atoms with Crippen LogP contribution in [-0.2, 0) is 9.59 Å². The second kappa shape index (κ2) is 7.01. The van der Waals surface area contributed by atoms with Gasteiger partial charge in [-0.1, -0.05) is 11.6 Å². The number of benzene rings is 2. The van der Waals surface area contributed by atoms with Crippen LogP contribution in [0, 0.1) is 11.6 Å². The quantitative estimate of drug-likeness (QED) is 0.701. The molecule has 0 spiro atoms. The van der Waals surface area contributed by atoms with Gasteiger partial charge in [-0.3, -0.25) is 14.9 Å². The minimum atomic E-state index is -0.964. The summed E-state index contributed by atoms with van der Waals surface area (Å²) in [6, 6.07) is 8.29. The zero-order valence-corrected chi connectivity index (χ0v) is 14.9. The first-order valence-corrected chi connectivity index (χ1v) is 8.57. The molecule has 7 nitrogen and oxygen atoms in total. The fourth-order valence-corrected chi connectivity index (χ4v) is 2.97. The van der Waals surface area contributed by atoms with E-state index in [1.807, 2.05) is 0 Å². The maximum Gasteiger partial charge on any atom is 0.249 e. The summed E-state index contributed by atoms with van der Waals surface area (Å²) in [6.07, 6.45) is -0.153. The van der Waals surface area contributed by atoms with Crippen molar-refractivity contribution in [1.82, 2.24) is 14.8 Å². The highest BCUT2D eigenvalue weighted by atomic mass is 35.5. The molecule has 4 rings (SSSR count). The third-order valence-corrected chi connectivity index (χ3v) is 4.44. The van der Waals surface area contributed by atoms with Crippen LogP contribution in [0.5, 0.6) is 0 Å². The van der Waals surface area contributed by atoms with Crippen LogP contribution in [0.4, 0.5) is 20.4 Å². The fraction of sp³-hybridized carbons (Fsp3) is 0.111. The molecule has 0 saturated carbocycles. The van der Waals surface area contributed by atoms with E-state index in [0.717, 1.165) is 6.07 Å². The summed E-state index contributed by atoms with van der Waals surface area (Å²) < 4.78 is 27.7. The Balaban J connectivity index is 1.63. The number of anilines is 2. The summed E-state index contributed by atoms with van der Waals surface area (Å²) in [7, 11) is 0. The van der Waals surface area contributed by atoms with Crippen LogP contribution in [0.15, 0.2) is 42.5 Å². The van der Waals surface area contributed by atoms with Crippen molar-refractivity contribution in [2.75, 3.05) is 10.6 Å². The van der Waals surface area contributed by atoms with Gasteiger partial charge in [0.05, 0.1) is 11.4 Å². The van der Waals surface area contributed by atoms with Crippen LogP contribution in [0.25, 0.3) is 11.4 Å². The first-order valence-electron chi connectivity index (χ1n) is 8.19. The molecule has 142 valence electrons. The summed E-state index contributed by atoms with van der Waals surface area (Å²) in [6.45, 7) is 0. The van der Waals surface area contributed by atoms with Gasteiger partial charge in [-0.15, -0.1) is 5.10 Å². The summed E-state index contributed by atoms with van der Waals surface area (Å²) in [5.41, 5.74) is 0.810. The van der Waals surface area contributed by atoms with E-state index in [1.165, 1.54) is 41.1 Å². The second-order valence-corrected chi connectivity index (χ2v) is 6.50. The third-order valence-electron chi connectivity index (χ3n) is 4.15. The minimum Gasteiger partial charge on any atom is -0.324 e. The van der Waals surface area contributed by atoms with E-state index >= 15 is 0 Å². The van der Waals surface area contributed by atoms with E-state index in [2.05, 4.69) is 20.7 Å². The van der Waals surface area contributed by atoms with Crippen molar-refractivity contribution in [2.24, 2.45) is 0 Å². The number of nitrogens with zero attached hydrogens (tertiary/aromatic N) is 3. The summed E-state index contributed by atoms with van der Waals surface area (Å²) >= 11 is 5.72. The smallest absolute Gasteiger partial charge is 0.249 e. The number of nitrogens with one attached hydrogen (secondary N) is 2. The average Bonchev–Trinajstić information content (AvgIpc) is 3.08. The molecule has 2 amide bonds. The van der Waals surface area contributed by atoms with Gasteiger partial charge in [0, 0.05) is 11.3 Å². The molecular weight excluding hydrogens is 392 g/mol. The number of halogens is 3. The van der Waals surface area contributed by atoms with Crippen molar-refractivity contribution in [2.45, 2.75) is 12.5 Å². The van der Waals surface area contributed by atoms with Gasteiger partial charge >= 0.3 is 0 Å². The molecular formula is C18H12ClF2N5O2. The number of carbonyl (C=O) groups is 2. The predicted molar refractivity (Wildman–Crippen MR) is 97.7 cm³/mol. The van der Waals surface area contributed by atoms with Crippen LogP contribution < -0.4 is 10.6 Å². The lowest BCUT2D eigenvalue weighted by molar-refractivity contribution is -0.125. The highest BCUT2D eigenvalue weighted by Gasteiger charge is 2.33. The van der Waals surface area contributed by atoms with Gasteiger partial charge < -0.3 is 5.32 Å². The molecule has 0 bridgehead atoms. The topological polar surface area (TPSA) is 88.9 Å². The normalized spacial score (nSPS) is 15.7. The Bertz CT molecular complexity index is 1080. The van der Waals surface area contributed by atoms with Crippen LogP contribution in [0.2, 0.25) is 5.02 Å². The van der Waals surface area contributed by atoms with E-state index in [0.29, 0.717) is 5.56 Å². The van der Waals surface area contributed by atoms with E-state index in [9.17, 15) is 18.4 Å². The van der Waals surface area contributed by atoms with E-state index < -0.39 is 29.5 Å².